The van der Waals surface area contributed by atoms with Crippen molar-refractivity contribution >= 4 is 17.7 Å². The van der Waals surface area contributed by atoms with Crippen molar-refractivity contribution in [2.45, 2.75) is 17.7 Å². The number of hydrogen-bond donors (Lipinski definition) is 2. The van der Waals surface area contributed by atoms with Crippen LogP contribution in [0.25, 0.3) is 0 Å². The number of hydrogen-bond acceptors (Lipinski definition) is 3. The van der Waals surface area contributed by atoms with E-state index in [4.69, 9.17) is 0 Å². The molecule has 0 saturated carbocycles. The van der Waals surface area contributed by atoms with E-state index in [0.29, 0.717) is 18.2 Å². The highest BCUT2D eigenvalue weighted by Crippen LogP contribution is 2.20. The molecular weight excluding hydrogens is 282 g/mol. The molecule has 3 nitrogen and oxygen atoms in total. The quantitative estimate of drug-likeness (QED) is 0.804. The lowest BCUT2D eigenvalue weighted by atomic mass is 10.0. The fourth-order valence-electron chi connectivity index (χ4n) is 1.91. The average Bonchev–Trinajstić information content (AvgIpc) is 2.53. The van der Waals surface area contributed by atoms with Gasteiger partial charge in [0.15, 0.2) is 0 Å². The maximum absolute atomic E-state index is 11.8. The summed E-state index contributed by atoms with van der Waals surface area (Å²) in [5.74, 6) is 0.942. The third-order valence-corrected chi connectivity index (χ3v) is 4.19. The average molecular weight is 301 g/mol. The molecule has 0 radical (unpaired) electrons. The predicted octanol–water partition coefficient (Wildman–Crippen LogP) is 3.40. The SMILES string of the molecule is CC(CNC(=O)CSc1ccc(O)cc1)c1ccccc1. The van der Waals surface area contributed by atoms with Crippen molar-refractivity contribution in [3.05, 3.63) is 60.2 Å². The number of aromatic hydroxyl groups is 1. The minimum atomic E-state index is 0.0239. The molecular formula is C17H19NO2S. The third kappa shape index (κ3) is 5.16. The number of amides is 1. The van der Waals surface area contributed by atoms with Gasteiger partial charge in [0, 0.05) is 11.4 Å². The van der Waals surface area contributed by atoms with Crippen molar-refractivity contribution in [3.63, 3.8) is 0 Å². The van der Waals surface area contributed by atoms with Crippen molar-refractivity contribution < 1.29 is 9.90 Å². The van der Waals surface area contributed by atoms with Crippen LogP contribution in [0.1, 0.15) is 18.4 Å². The first-order valence-electron chi connectivity index (χ1n) is 6.88. The number of phenols is 1. The lowest BCUT2D eigenvalue weighted by Gasteiger charge is -2.13. The smallest absolute Gasteiger partial charge is 0.230 e. The molecule has 0 aliphatic heterocycles. The minimum Gasteiger partial charge on any atom is -0.508 e. The van der Waals surface area contributed by atoms with Crippen LogP contribution < -0.4 is 5.32 Å². The first kappa shape index (κ1) is 15.4. The van der Waals surface area contributed by atoms with Crippen molar-refractivity contribution in [2.24, 2.45) is 0 Å². The van der Waals surface area contributed by atoms with Crippen LogP contribution in [0.15, 0.2) is 59.5 Å². The van der Waals surface area contributed by atoms with E-state index in [1.165, 1.54) is 17.3 Å². The normalized spacial score (nSPS) is 11.9. The first-order chi connectivity index (χ1) is 10.1. The fraction of sp³-hybridized carbons (Fsp3) is 0.235. The molecule has 0 saturated heterocycles. The van der Waals surface area contributed by atoms with Gasteiger partial charge in [-0.15, -0.1) is 11.8 Å². The lowest BCUT2D eigenvalue weighted by molar-refractivity contribution is -0.118. The van der Waals surface area contributed by atoms with Crippen LogP contribution in [0.3, 0.4) is 0 Å². The van der Waals surface area contributed by atoms with Gasteiger partial charge in [-0.25, -0.2) is 0 Å². The highest BCUT2D eigenvalue weighted by molar-refractivity contribution is 8.00. The number of phenolic OH excluding ortho intramolecular Hbond substituents is 1. The summed E-state index contributed by atoms with van der Waals surface area (Å²) in [4.78, 5) is 12.8. The molecule has 110 valence electrons. The summed E-state index contributed by atoms with van der Waals surface area (Å²) >= 11 is 1.46. The van der Waals surface area contributed by atoms with Gasteiger partial charge in [-0.05, 0) is 35.7 Å². The molecule has 0 heterocycles. The van der Waals surface area contributed by atoms with Crippen LogP contribution in [0, 0.1) is 0 Å². The Morgan fingerprint density at radius 3 is 2.48 bits per heavy atom. The predicted molar refractivity (Wildman–Crippen MR) is 86.7 cm³/mol. The molecule has 2 rings (SSSR count). The van der Waals surface area contributed by atoms with E-state index in [9.17, 15) is 9.90 Å². The van der Waals surface area contributed by atoms with Crippen LogP contribution in [0.5, 0.6) is 5.75 Å². The van der Waals surface area contributed by atoms with Gasteiger partial charge in [-0.2, -0.15) is 0 Å². The lowest BCUT2D eigenvalue weighted by Crippen LogP contribution is -2.28. The van der Waals surface area contributed by atoms with Gasteiger partial charge in [0.1, 0.15) is 5.75 Å². The Labute approximate surface area is 129 Å². The standard InChI is InChI=1S/C17H19NO2S/c1-13(14-5-3-2-4-6-14)11-18-17(20)12-21-16-9-7-15(19)8-10-16/h2-10,13,19H,11-12H2,1H3,(H,18,20). The van der Waals surface area contributed by atoms with E-state index < -0.39 is 0 Å². The summed E-state index contributed by atoms with van der Waals surface area (Å²) < 4.78 is 0. The van der Waals surface area contributed by atoms with Crippen LogP contribution in [0.4, 0.5) is 0 Å². The summed E-state index contributed by atoms with van der Waals surface area (Å²) in [6.07, 6.45) is 0. The number of carbonyl (C=O) groups is 1. The molecule has 1 amide bonds. The molecule has 0 spiro atoms. The number of benzene rings is 2. The highest BCUT2D eigenvalue weighted by Gasteiger charge is 2.08. The largest absolute Gasteiger partial charge is 0.508 e. The Kier molecular flexibility index (Phi) is 5.69. The number of nitrogens with one attached hydrogen (secondary N) is 1. The molecule has 2 aromatic carbocycles. The minimum absolute atomic E-state index is 0.0239. The molecule has 0 bridgehead atoms. The molecule has 2 aromatic rings. The van der Waals surface area contributed by atoms with Gasteiger partial charge < -0.3 is 10.4 Å². The van der Waals surface area contributed by atoms with Gasteiger partial charge in [0.25, 0.3) is 0 Å². The topological polar surface area (TPSA) is 49.3 Å². The zero-order valence-corrected chi connectivity index (χ0v) is 12.8. The van der Waals surface area contributed by atoms with Gasteiger partial charge in [0.2, 0.25) is 5.91 Å². The summed E-state index contributed by atoms with van der Waals surface area (Å²) in [5, 5.41) is 12.2. The van der Waals surface area contributed by atoms with Gasteiger partial charge in [0.05, 0.1) is 5.75 Å². The van der Waals surface area contributed by atoms with Gasteiger partial charge in [-0.3, -0.25) is 4.79 Å². The molecule has 1 atom stereocenters. The Morgan fingerprint density at radius 2 is 1.81 bits per heavy atom. The molecule has 1 unspecified atom stereocenters. The van der Waals surface area contributed by atoms with Crippen LogP contribution in [0.2, 0.25) is 0 Å². The number of rotatable bonds is 6. The Balaban J connectivity index is 1.73. The Morgan fingerprint density at radius 1 is 1.14 bits per heavy atom. The van der Waals surface area contributed by atoms with Crippen molar-refractivity contribution in [1.82, 2.24) is 5.32 Å². The van der Waals surface area contributed by atoms with E-state index in [2.05, 4.69) is 24.4 Å². The highest BCUT2D eigenvalue weighted by atomic mass is 32.2. The van der Waals surface area contributed by atoms with Crippen LogP contribution >= 0.6 is 11.8 Å². The van der Waals surface area contributed by atoms with Crippen LogP contribution in [-0.2, 0) is 4.79 Å². The van der Waals surface area contributed by atoms with Gasteiger partial charge in [-0.1, -0.05) is 37.3 Å². The van der Waals surface area contributed by atoms with Crippen molar-refractivity contribution in [3.8, 4) is 5.75 Å². The molecule has 4 heteroatoms. The second-order valence-electron chi connectivity index (χ2n) is 4.90. The van der Waals surface area contributed by atoms with E-state index in [1.54, 1.807) is 24.3 Å². The van der Waals surface area contributed by atoms with E-state index in [1.807, 2.05) is 18.2 Å². The maximum atomic E-state index is 11.8. The maximum Gasteiger partial charge on any atom is 0.230 e. The fourth-order valence-corrected chi connectivity index (χ4v) is 2.64. The van der Waals surface area contributed by atoms with E-state index in [-0.39, 0.29) is 11.7 Å². The summed E-state index contributed by atoms with van der Waals surface area (Å²) in [6.45, 7) is 2.74. The molecule has 0 fully saturated rings. The third-order valence-electron chi connectivity index (χ3n) is 3.18. The van der Waals surface area contributed by atoms with Crippen molar-refractivity contribution in [2.75, 3.05) is 12.3 Å². The summed E-state index contributed by atoms with van der Waals surface area (Å²) in [7, 11) is 0. The Bertz CT molecular complexity index is 569. The number of thioether (sulfide) groups is 1. The monoisotopic (exact) mass is 301 g/mol. The molecule has 2 N–H and O–H groups in total. The second kappa shape index (κ2) is 7.74. The zero-order valence-electron chi connectivity index (χ0n) is 12.0. The van der Waals surface area contributed by atoms with Crippen molar-refractivity contribution in [1.29, 1.82) is 0 Å². The molecule has 0 aliphatic rings. The molecule has 0 aliphatic carbocycles. The molecule has 0 aromatic heterocycles. The first-order valence-corrected chi connectivity index (χ1v) is 7.87. The summed E-state index contributed by atoms with van der Waals surface area (Å²) in [5.41, 5.74) is 1.23. The van der Waals surface area contributed by atoms with E-state index in [0.717, 1.165) is 4.90 Å². The summed E-state index contributed by atoms with van der Waals surface area (Å²) in [6, 6.07) is 17.0. The Hall–Kier alpha value is -1.94. The zero-order chi connectivity index (χ0) is 15.1. The number of carbonyl (C=O) groups excluding carboxylic acids is 1. The molecule has 21 heavy (non-hydrogen) atoms. The second-order valence-corrected chi connectivity index (χ2v) is 5.95. The van der Waals surface area contributed by atoms with Gasteiger partial charge >= 0.3 is 0 Å². The van der Waals surface area contributed by atoms with E-state index >= 15 is 0 Å². The van der Waals surface area contributed by atoms with Crippen LogP contribution in [-0.4, -0.2) is 23.3 Å².